The number of amides is 2. The highest BCUT2D eigenvalue weighted by Gasteiger charge is 2.31. The summed E-state index contributed by atoms with van der Waals surface area (Å²) < 4.78 is 37.3. The summed E-state index contributed by atoms with van der Waals surface area (Å²) in [5.41, 5.74) is 2.22. The van der Waals surface area contributed by atoms with Crippen LogP contribution in [-0.4, -0.2) is 56.8 Å². The van der Waals surface area contributed by atoms with E-state index < -0.39 is 28.5 Å². The Hall–Kier alpha value is -3.27. The van der Waals surface area contributed by atoms with Gasteiger partial charge in [-0.15, -0.1) is 0 Å². The van der Waals surface area contributed by atoms with Crippen LogP contribution in [0.4, 0.5) is 5.69 Å². The fourth-order valence-corrected chi connectivity index (χ4v) is 5.54. The number of nitrogens with one attached hydrogen (secondary N) is 1. The molecule has 1 saturated carbocycles. The second-order valence-electron chi connectivity index (χ2n) is 9.83. The first kappa shape index (κ1) is 26.8. The number of anilines is 1. The molecular weight excluding hydrogens is 494 g/mol. The number of nitrogens with zero attached hydrogens (tertiary/aromatic N) is 2. The van der Waals surface area contributed by atoms with Gasteiger partial charge in [0.05, 0.1) is 11.9 Å². The van der Waals surface area contributed by atoms with Crippen LogP contribution in [0.3, 0.4) is 0 Å². The number of fused-ring (bicyclic) bond motifs is 1. The molecule has 1 atom stereocenters. The molecule has 2 aromatic rings. The Morgan fingerprint density at radius 3 is 2.38 bits per heavy atom. The first-order valence-electron chi connectivity index (χ1n) is 12.6. The Balaban J connectivity index is 1.58. The average molecular weight is 530 g/mol. The van der Waals surface area contributed by atoms with E-state index in [2.05, 4.69) is 5.32 Å². The van der Waals surface area contributed by atoms with E-state index in [0.29, 0.717) is 11.5 Å². The minimum absolute atomic E-state index is 0.0501. The fourth-order valence-electron chi connectivity index (χ4n) is 4.70. The van der Waals surface area contributed by atoms with Gasteiger partial charge in [0.25, 0.3) is 0 Å². The predicted octanol–water partition coefficient (Wildman–Crippen LogP) is 3.36. The van der Waals surface area contributed by atoms with Gasteiger partial charge < -0.3 is 19.7 Å². The molecule has 1 heterocycles. The van der Waals surface area contributed by atoms with E-state index in [9.17, 15) is 18.0 Å². The second-order valence-corrected chi connectivity index (χ2v) is 11.7. The number of ether oxygens (including phenoxy) is 2. The third-order valence-electron chi connectivity index (χ3n) is 6.92. The number of hydrogen-bond donors (Lipinski definition) is 1. The van der Waals surface area contributed by atoms with Gasteiger partial charge >= 0.3 is 0 Å². The SMILES string of the molecule is Cc1ccc(CN(C(=O)CN(c2ccc3c(c2)OCO3)S(C)(=O)=O)[C@@H](C)C(=O)NC2CCCCC2)cc1. The lowest BCUT2D eigenvalue weighted by Gasteiger charge is -2.33. The van der Waals surface area contributed by atoms with Crippen LogP contribution in [0.1, 0.15) is 50.2 Å². The fraction of sp³-hybridized carbons (Fsp3) is 0.481. The lowest BCUT2D eigenvalue weighted by Crippen LogP contribution is -2.52. The lowest BCUT2D eigenvalue weighted by atomic mass is 9.95. The summed E-state index contributed by atoms with van der Waals surface area (Å²) in [6, 6.07) is 11.8. The van der Waals surface area contributed by atoms with Crippen LogP contribution in [-0.2, 0) is 26.2 Å². The summed E-state index contributed by atoms with van der Waals surface area (Å²) >= 11 is 0. The third kappa shape index (κ3) is 6.74. The normalized spacial score (nSPS) is 16.2. The summed E-state index contributed by atoms with van der Waals surface area (Å²) in [5.74, 6) is 0.212. The molecule has 1 aliphatic heterocycles. The van der Waals surface area contributed by atoms with Crippen molar-refractivity contribution in [1.82, 2.24) is 10.2 Å². The van der Waals surface area contributed by atoms with Crippen molar-refractivity contribution in [2.45, 2.75) is 64.6 Å². The largest absolute Gasteiger partial charge is 0.454 e. The number of sulfonamides is 1. The highest BCUT2D eigenvalue weighted by Crippen LogP contribution is 2.36. The van der Waals surface area contributed by atoms with Gasteiger partial charge in [-0.1, -0.05) is 49.1 Å². The average Bonchev–Trinajstić information content (AvgIpc) is 3.34. The van der Waals surface area contributed by atoms with Gasteiger partial charge in [0.2, 0.25) is 28.6 Å². The number of aryl methyl sites for hydroxylation is 1. The van der Waals surface area contributed by atoms with E-state index >= 15 is 0 Å². The molecule has 1 fully saturated rings. The minimum Gasteiger partial charge on any atom is -0.454 e. The molecule has 2 aliphatic rings. The summed E-state index contributed by atoms with van der Waals surface area (Å²) in [6.45, 7) is 3.44. The van der Waals surface area contributed by atoms with Gasteiger partial charge in [-0.2, -0.15) is 0 Å². The van der Waals surface area contributed by atoms with Crippen LogP contribution < -0.4 is 19.1 Å². The van der Waals surface area contributed by atoms with Gasteiger partial charge in [-0.25, -0.2) is 8.42 Å². The van der Waals surface area contributed by atoms with E-state index in [1.54, 1.807) is 25.1 Å². The Labute approximate surface area is 218 Å². The molecule has 0 bridgehead atoms. The third-order valence-corrected chi connectivity index (χ3v) is 8.06. The van der Waals surface area contributed by atoms with Gasteiger partial charge in [-0.3, -0.25) is 13.9 Å². The Morgan fingerprint density at radius 1 is 1.03 bits per heavy atom. The Kier molecular flexibility index (Phi) is 8.26. The standard InChI is InChI=1S/C27H35N3O6S/c1-19-9-11-21(12-10-19)16-29(20(2)27(32)28-22-7-5-4-6-8-22)26(31)17-30(37(3,33)34)23-13-14-24-25(15-23)36-18-35-24/h9-15,20,22H,4-8,16-18H2,1-3H3,(H,28,32)/t20-/m0/s1. The van der Waals surface area contributed by atoms with Crippen LogP contribution >= 0.6 is 0 Å². The molecule has 0 spiro atoms. The predicted molar refractivity (Wildman–Crippen MR) is 141 cm³/mol. The van der Waals surface area contributed by atoms with Crippen LogP contribution in [0.2, 0.25) is 0 Å². The van der Waals surface area contributed by atoms with Crippen molar-refractivity contribution in [2.75, 3.05) is 23.9 Å². The maximum absolute atomic E-state index is 13.7. The van der Waals surface area contributed by atoms with Gasteiger partial charge in [-0.05, 0) is 44.4 Å². The van der Waals surface area contributed by atoms with E-state index in [4.69, 9.17) is 9.47 Å². The number of carbonyl (C=O) groups excluding carboxylic acids is 2. The van der Waals surface area contributed by atoms with Crippen molar-refractivity contribution in [3.05, 3.63) is 53.6 Å². The summed E-state index contributed by atoms with van der Waals surface area (Å²) in [5, 5.41) is 3.10. The van der Waals surface area contributed by atoms with Crippen LogP contribution in [0, 0.1) is 6.92 Å². The molecule has 0 saturated heterocycles. The lowest BCUT2D eigenvalue weighted by molar-refractivity contribution is -0.139. The zero-order chi connectivity index (χ0) is 26.6. The Morgan fingerprint density at radius 2 is 1.70 bits per heavy atom. The van der Waals surface area contributed by atoms with Crippen molar-refractivity contribution >= 4 is 27.5 Å². The number of carbonyl (C=O) groups is 2. The van der Waals surface area contributed by atoms with Crippen molar-refractivity contribution < 1.29 is 27.5 Å². The maximum atomic E-state index is 13.7. The molecule has 2 amide bonds. The molecule has 0 unspecified atom stereocenters. The van der Waals surface area contributed by atoms with Gasteiger partial charge in [0, 0.05) is 18.7 Å². The van der Waals surface area contributed by atoms with Crippen LogP contribution in [0.25, 0.3) is 0 Å². The topological polar surface area (TPSA) is 105 Å². The molecule has 200 valence electrons. The van der Waals surface area contributed by atoms with Gasteiger partial charge in [0.15, 0.2) is 11.5 Å². The number of hydrogen-bond acceptors (Lipinski definition) is 6. The van der Waals surface area contributed by atoms with E-state index in [0.717, 1.165) is 47.4 Å². The van der Waals surface area contributed by atoms with E-state index in [-0.39, 0.29) is 31.0 Å². The van der Waals surface area contributed by atoms with Crippen LogP contribution in [0.15, 0.2) is 42.5 Å². The summed E-state index contributed by atoms with van der Waals surface area (Å²) in [6.07, 6.45) is 6.22. The molecule has 0 aromatic heterocycles. The molecule has 0 radical (unpaired) electrons. The first-order chi connectivity index (χ1) is 17.6. The molecule has 37 heavy (non-hydrogen) atoms. The highest BCUT2D eigenvalue weighted by molar-refractivity contribution is 7.92. The van der Waals surface area contributed by atoms with Crippen molar-refractivity contribution in [1.29, 1.82) is 0 Å². The summed E-state index contributed by atoms with van der Waals surface area (Å²) in [4.78, 5) is 28.4. The smallest absolute Gasteiger partial charge is 0.244 e. The van der Waals surface area contributed by atoms with E-state index in [1.807, 2.05) is 31.2 Å². The zero-order valence-electron chi connectivity index (χ0n) is 21.6. The van der Waals surface area contributed by atoms with Crippen molar-refractivity contribution in [3.63, 3.8) is 0 Å². The molecule has 1 aliphatic carbocycles. The molecule has 1 N–H and O–H groups in total. The minimum atomic E-state index is -3.82. The monoisotopic (exact) mass is 529 g/mol. The Bertz CT molecular complexity index is 1230. The molecular formula is C27H35N3O6S. The van der Waals surface area contributed by atoms with Crippen LogP contribution in [0.5, 0.6) is 11.5 Å². The van der Waals surface area contributed by atoms with Crippen molar-refractivity contribution in [2.24, 2.45) is 0 Å². The maximum Gasteiger partial charge on any atom is 0.244 e. The molecule has 10 heteroatoms. The summed E-state index contributed by atoms with van der Waals surface area (Å²) in [7, 11) is -3.82. The number of benzene rings is 2. The van der Waals surface area contributed by atoms with E-state index in [1.165, 1.54) is 11.3 Å². The molecule has 4 rings (SSSR count). The highest BCUT2D eigenvalue weighted by atomic mass is 32.2. The van der Waals surface area contributed by atoms with Crippen molar-refractivity contribution in [3.8, 4) is 11.5 Å². The second kappa shape index (κ2) is 11.4. The quantitative estimate of drug-likeness (QED) is 0.534. The zero-order valence-corrected chi connectivity index (χ0v) is 22.4. The first-order valence-corrected chi connectivity index (χ1v) is 14.5. The molecule has 9 nitrogen and oxygen atoms in total. The molecule has 2 aromatic carbocycles. The van der Waals surface area contributed by atoms with Gasteiger partial charge in [0.1, 0.15) is 12.6 Å². The number of rotatable bonds is 9.